The van der Waals surface area contributed by atoms with E-state index in [2.05, 4.69) is 25.5 Å². The molecule has 0 saturated heterocycles. The van der Waals surface area contributed by atoms with E-state index in [1.807, 2.05) is 26.1 Å². The molecule has 1 aromatic heterocycles. The zero-order valence-electron chi connectivity index (χ0n) is 9.87. The van der Waals surface area contributed by atoms with Crippen molar-refractivity contribution in [3.05, 3.63) is 51.8 Å². The van der Waals surface area contributed by atoms with Gasteiger partial charge >= 0.3 is 0 Å². The van der Waals surface area contributed by atoms with Crippen LogP contribution in [0.25, 0.3) is 0 Å². The van der Waals surface area contributed by atoms with Gasteiger partial charge in [0.05, 0.1) is 5.69 Å². The maximum Gasteiger partial charge on any atom is 0.127 e. The minimum atomic E-state index is -0.189. The van der Waals surface area contributed by atoms with E-state index < -0.39 is 0 Å². The molecule has 0 spiro atoms. The predicted octanol–water partition coefficient (Wildman–Crippen LogP) is 3.42. The molecule has 0 fully saturated rings. The molecule has 0 unspecified atom stereocenters. The molecule has 2 aromatic rings. The minimum Gasteiger partial charge on any atom is -0.334 e. The molecule has 0 atom stereocenters. The zero-order valence-corrected chi connectivity index (χ0v) is 11.5. The van der Waals surface area contributed by atoms with Gasteiger partial charge in [0, 0.05) is 7.05 Å². The number of rotatable bonds is 3. The maximum atomic E-state index is 12.8. The first-order valence-corrected chi connectivity index (χ1v) is 6.29. The maximum absolute atomic E-state index is 12.8. The second kappa shape index (κ2) is 5.00. The Labute approximate surface area is 109 Å². The van der Waals surface area contributed by atoms with Crippen molar-refractivity contribution in [2.24, 2.45) is 7.05 Å². The molecule has 1 heterocycles. The van der Waals surface area contributed by atoms with Gasteiger partial charge in [0.25, 0.3) is 0 Å². The molecule has 90 valence electrons. The summed E-state index contributed by atoms with van der Waals surface area (Å²) in [6, 6.07) is 6.65. The van der Waals surface area contributed by atoms with Gasteiger partial charge in [0.1, 0.15) is 16.2 Å². The van der Waals surface area contributed by atoms with Crippen LogP contribution >= 0.6 is 15.9 Å². The van der Waals surface area contributed by atoms with Crippen LogP contribution in [0.15, 0.2) is 28.9 Å². The molecular formula is C13H14BrFN2. The van der Waals surface area contributed by atoms with Crippen molar-refractivity contribution >= 4 is 15.9 Å². The van der Waals surface area contributed by atoms with E-state index in [4.69, 9.17) is 0 Å². The first-order valence-electron chi connectivity index (χ1n) is 5.50. The molecule has 0 amide bonds. The second-order valence-corrected chi connectivity index (χ2v) is 4.83. The Hall–Kier alpha value is -1.16. The molecule has 0 N–H and O–H groups in total. The lowest BCUT2D eigenvalue weighted by Gasteiger charge is -2.04. The molecule has 4 heteroatoms. The number of aryl methyl sites for hydroxylation is 2. The molecule has 0 aliphatic carbocycles. The van der Waals surface area contributed by atoms with Crippen LogP contribution in [0.2, 0.25) is 0 Å². The number of hydrogen-bond donors (Lipinski definition) is 0. The van der Waals surface area contributed by atoms with Crippen molar-refractivity contribution in [2.45, 2.75) is 19.8 Å². The third kappa shape index (κ3) is 2.75. The molecule has 1 aromatic carbocycles. The van der Waals surface area contributed by atoms with Crippen LogP contribution in [-0.4, -0.2) is 9.55 Å². The van der Waals surface area contributed by atoms with Crippen LogP contribution in [0.4, 0.5) is 4.39 Å². The van der Waals surface area contributed by atoms with Crippen molar-refractivity contribution in [2.75, 3.05) is 0 Å². The number of imidazole rings is 1. The second-order valence-electron chi connectivity index (χ2n) is 4.08. The summed E-state index contributed by atoms with van der Waals surface area (Å²) >= 11 is 3.46. The average Bonchev–Trinajstić information content (AvgIpc) is 2.54. The highest BCUT2D eigenvalue weighted by Gasteiger charge is 2.09. The summed E-state index contributed by atoms with van der Waals surface area (Å²) in [5.41, 5.74) is 2.31. The summed E-state index contributed by atoms with van der Waals surface area (Å²) in [4.78, 5) is 4.36. The lowest BCUT2D eigenvalue weighted by molar-refractivity contribution is 0.626. The number of benzene rings is 1. The molecule has 17 heavy (non-hydrogen) atoms. The molecule has 0 aliphatic rings. The van der Waals surface area contributed by atoms with Gasteiger partial charge in [0.15, 0.2) is 0 Å². The smallest absolute Gasteiger partial charge is 0.127 e. The highest BCUT2D eigenvalue weighted by Crippen LogP contribution is 2.18. The summed E-state index contributed by atoms with van der Waals surface area (Å²) < 4.78 is 15.7. The summed E-state index contributed by atoms with van der Waals surface area (Å²) in [5, 5.41) is 0. The van der Waals surface area contributed by atoms with E-state index in [9.17, 15) is 4.39 Å². The Balaban J connectivity index is 2.09. The van der Waals surface area contributed by atoms with Crippen LogP contribution in [0.3, 0.4) is 0 Å². The Morgan fingerprint density at radius 1 is 1.24 bits per heavy atom. The summed E-state index contributed by atoms with van der Waals surface area (Å²) in [6.07, 6.45) is 1.78. The lowest BCUT2D eigenvalue weighted by Crippen LogP contribution is -2.01. The first-order chi connectivity index (χ1) is 8.08. The van der Waals surface area contributed by atoms with Crippen LogP contribution in [0.5, 0.6) is 0 Å². The third-order valence-electron chi connectivity index (χ3n) is 2.95. The van der Waals surface area contributed by atoms with Crippen molar-refractivity contribution in [3.8, 4) is 0 Å². The van der Waals surface area contributed by atoms with Gasteiger partial charge < -0.3 is 4.57 Å². The number of nitrogens with zero attached hydrogens (tertiary/aromatic N) is 2. The van der Waals surface area contributed by atoms with Gasteiger partial charge in [0.2, 0.25) is 0 Å². The zero-order chi connectivity index (χ0) is 12.4. The average molecular weight is 297 g/mol. The SMILES string of the molecule is Cc1nc(Br)c(CCc2ccc(F)cc2)n1C. The molecule has 2 nitrogen and oxygen atoms in total. The predicted molar refractivity (Wildman–Crippen MR) is 69.5 cm³/mol. The third-order valence-corrected chi connectivity index (χ3v) is 3.59. The first kappa shape index (κ1) is 12.3. The number of halogens is 2. The monoisotopic (exact) mass is 296 g/mol. The van der Waals surface area contributed by atoms with Gasteiger partial charge in [-0.1, -0.05) is 12.1 Å². The van der Waals surface area contributed by atoms with E-state index in [0.29, 0.717) is 0 Å². The van der Waals surface area contributed by atoms with Crippen molar-refractivity contribution in [1.82, 2.24) is 9.55 Å². The van der Waals surface area contributed by atoms with Gasteiger partial charge in [-0.25, -0.2) is 9.37 Å². The van der Waals surface area contributed by atoms with Crippen LogP contribution in [0.1, 0.15) is 17.1 Å². The van der Waals surface area contributed by atoms with Gasteiger partial charge in [-0.2, -0.15) is 0 Å². The Bertz CT molecular complexity index is 517. The van der Waals surface area contributed by atoms with Crippen LogP contribution in [-0.2, 0) is 19.9 Å². The van der Waals surface area contributed by atoms with Crippen molar-refractivity contribution in [3.63, 3.8) is 0 Å². The highest BCUT2D eigenvalue weighted by atomic mass is 79.9. The highest BCUT2D eigenvalue weighted by molar-refractivity contribution is 9.10. The van der Waals surface area contributed by atoms with Gasteiger partial charge in [-0.15, -0.1) is 0 Å². The van der Waals surface area contributed by atoms with Crippen LogP contribution in [0, 0.1) is 12.7 Å². The Kier molecular flexibility index (Phi) is 3.62. The molecule has 0 bridgehead atoms. The van der Waals surface area contributed by atoms with E-state index in [1.54, 1.807) is 0 Å². The van der Waals surface area contributed by atoms with Crippen molar-refractivity contribution < 1.29 is 4.39 Å². The summed E-state index contributed by atoms with van der Waals surface area (Å²) in [7, 11) is 2.01. The summed E-state index contributed by atoms with van der Waals surface area (Å²) in [5.74, 6) is 0.803. The van der Waals surface area contributed by atoms with E-state index >= 15 is 0 Å². The lowest BCUT2D eigenvalue weighted by atomic mass is 10.1. The van der Waals surface area contributed by atoms with Gasteiger partial charge in [-0.3, -0.25) is 0 Å². The Morgan fingerprint density at radius 2 is 1.88 bits per heavy atom. The van der Waals surface area contributed by atoms with Gasteiger partial charge in [-0.05, 0) is 53.4 Å². The molecule has 0 saturated carbocycles. The number of hydrogen-bond acceptors (Lipinski definition) is 1. The fourth-order valence-corrected chi connectivity index (χ4v) is 2.52. The topological polar surface area (TPSA) is 17.8 Å². The molecular weight excluding hydrogens is 283 g/mol. The largest absolute Gasteiger partial charge is 0.334 e. The van der Waals surface area contributed by atoms with Crippen LogP contribution < -0.4 is 0 Å². The van der Waals surface area contributed by atoms with E-state index in [1.165, 1.54) is 17.8 Å². The molecule has 0 aliphatic heterocycles. The fraction of sp³-hybridized carbons (Fsp3) is 0.308. The standard InChI is InChI=1S/C13H14BrFN2/c1-9-16-13(14)12(17(9)2)8-5-10-3-6-11(15)7-4-10/h3-4,6-7H,5,8H2,1-2H3. The summed E-state index contributed by atoms with van der Waals surface area (Å²) in [6.45, 7) is 1.98. The number of aromatic nitrogens is 2. The quantitative estimate of drug-likeness (QED) is 0.849. The normalized spacial score (nSPS) is 10.8. The van der Waals surface area contributed by atoms with E-state index in [-0.39, 0.29) is 5.82 Å². The van der Waals surface area contributed by atoms with E-state index in [0.717, 1.165) is 28.8 Å². The molecule has 2 rings (SSSR count). The molecule has 0 radical (unpaired) electrons. The Morgan fingerprint density at radius 3 is 2.41 bits per heavy atom. The minimum absolute atomic E-state index is 0.189. The fourth-order valence-electron chi connectivity index (χ4n) is 1.80. The van der Waals surface area contributed by atoms with Crippen molar-refractivity contribution in [1.29, 1.82) is 0 Å².